The van der Waals surface area contributed by atoms with Gasteiger partial charge >= 0.3 is 275 Å². The summed E-state index contributed by atoms with van der Waals surface area (Å²) in [6.07, 6.45) is 1.27. The zero-order valence-electron chi connectivity index (χ0n) is 32.2. The van der Waals surface area contributed by atoms with Crippen molar-refractivity contribution in [3.05, 3.63) is 205 Å². The average molecular weight is 836 g/mol. The van der Waals surface area contributed by atoms with Gasteiger partial charge in [0.1, 0.15) is 0 Å². The van der Waals surface area contributed by atoms with Crippen molar-refractivity contribution in [2.45, 2.75) is 29.8 Å². The van der Waals surface area contributed by atoms with E-state index in [2.05, 4.69) is 23.6 Å². The number of allylic oxidation sites excluding steroid dienone is 2. The molecule has 0 spiro atoms. The molecule has 1 saturated heterocycles. The molecule has 1 unspecified atom stereocenters. The number of benzene rings is 6. The Bertz CT molecular complexity index is 2430. The van der Waals surface area contributed by atoms with Gasteiger partial charge in [0, 0.05) is 0 Å². The third kappa shape index (κ3) is 10.4. The first-order valence-corrected chi connectivity index (χ1v) is 20.6. The molecule has 0 amide bonds. The van der Waals surface area contributed by atoms with E-state index in [0.717, 1.165) is 39.0 Å². The van der Waals surface area contributed by atoms with Crippen LogP contribution in [0.4, 0.5) is 0 Å². The van der Waals surface area contributed by atoms with Gasteiger partial charge in [0.05, 0.1) is 0 Å². The standard InChI is InChI=1S/C50H40O7S.V/c1-3-13-34(2)32-55-50-46(57-49(53)43-30-24-40(25-31-43)37-18-11-6-12-19-37)45(56-48(52)42-28-22-39(23-29-42)36-16-9-5-10-17-36)44(58-50)33-54-47(51)41-26-20-38(21-27-41)35-14-7-4-8-15-35;/h3-31,44-46,50H,1,33H2,2H3;/b34-13+;/t44-,45-,46-,50?;/m0./s1. The molecule has 7 rings (SSSR count). The molecule has 1 aliphatic heterocycles. The zero-order chi connectivity index (χ0) is 41.1. The summed E-state index contributed by atoms with van der Waals surface area (Å²) in [5.74, 6) is -1.80. The SMILES string of the molecule is C=C/C=C(\C)[C](=[V])OC1S[C@@H](COC(=O)c2ccc(-c3ccccc3)cc2)[C@H](OC(=O)c2ccc(-c3ccccc3)cc2)[C@@H]1OC(=O)c1ccc(-c2ccccc2)cc1. The van der Waals surface area contributed by atoms with Gasteiger partial charge in [-0.2, -0.15) is 0 Å². The molecule has 0 bridgehead atoms. The van der Waals surface area contributed by atoms with Crippen molar-refractivity contribution in [2.75, 3.05) is 6.61 Å². The molecule has 1 fully saturated rings. The molecule has 6 aromatic rings. The van der Waals surface area contributed by atoms with Crippen molar-refractivity contribution >= 4 is 34.1 Å². The van der Waals surface area contributed by atoms with Crippen LogP contribution in [0.25, 0.3) is 33.4 Å². The maximum atomic E-state index is 13.9. The summed E-state index contributed by atoms with van der Waals surface area (Å²) in [4.78, 5) is 41.3. The van der Waals surface area contributed by atoms with Crippen molar-refractivity contribution < 1.29 is 50.3 Å². The van der Waals surface area contributed by atoms with E-state index >= 15 is 0 Å². The predicted octanol–water partition coefficient (Wildman–Crippen LogP) is 10.6. The molecular weight excluding hydrogens is 796 g/mol. The van der Waals surface area contributed by atoms with Crippen molar-refractivity contribution in [1.82, 2.24) is 0 Å². The summed E-state index contributed by atoms with van der Waals surface area (Å²) in [7, 11) is 0. The monoisotopic (exact) mass is 835 g/mol. The fraction of sp³-hybridized carbons (Fsp3) is 0.120. The van der Waals surface area contributed by atoms with Crippen molar-refractivity contribution in [3.63, 3.8) is 0 Å². The van der Waals surface area contributed by atoms with Gasteiger partial charge in [-0.1, -0.05) is 78.9 Å². The van der Waals surface area contributed by atoms with Crippen molar-refractivity contribution in [2.24, 2.45) is 0 Å². The van der Waals surface area contributed by atoms with E-state index in [0.29, 0.717) is 21.1 Å². The van der Waals surface area contributed by atoms with Crippen LogP contribution in [0.5, 0.6) is 0 Å². The summed E-state index contributed by atoms with van der Waals surface area (Å²) in [6, 6.07) is 50.9. The normalized spacial score (nSPS) is 17.4. The number of hydrogen-bond acceptors (Lipinski definition) is 8. The molecule has 0 aliphatic carbocycles. The fourth-order valence-electron chi connectivity index (χ4n) is 6.55. The minimum absolute atomic E-state index is 0.163. The molecule has 0 N–H and O–H groups in total. The van der Waals surface area contributed by atoms with E-state index in [1.54, 1.807) is 48.6 Å². The van der Waals surface area contributed by atoms with Crippen LogP contribution >= 0.6 is 11.8 Å². The Morgan fingerprint density at radius 1 is 0.542 bits per heavy atom. The third-order valence-corrected chi connectivity index (χ3v) is 11.9. The van der Waals surface area contributed by atoms with Gasteiger partial charge in [-0.05, 0) is 5.56 Å². The quantitative estimate of drug-likeness (QED) is 0.0609. The number of thioether (sulfide) groups is 1. The van der Waals surface area contributed by atoms with Gasteiger partial charge in [0.25, 0.3) is 0 Å². The molecule has 59 heavy (non-hydrogen) atoms. The second-order valence-electron chi connectivity index (χ2n) is 13.7. The van der Waals surface area contributed by atoms with E-state index in [4.69, 9.17) is 18.9 Å². The Morgan fingerprint density at radius 3 is 1.32 bits per heavy atom. The number of esters is 3. The molecule has 7 nitrogen and oxygen atoms in total. The predicted molar refractivity (Wildman–Crippen MR) is 230 cm³/mol. The van der Waals surface area contributed by atoms with E-state index in [1.165, 1.54) is 11.8 Å². The van der Waals surface area contributed by atoms with Gasteiger partial charge in [0.15, 0.2) is 0 Å². The molecule has 0 saturated carbocycles. The van der Waals surface area contributed by atoms with E-state index in [9.17, 15) is 14.4 Å². The number of carbonyl (C=O) groups is 3. The molecule has 6 aromatic carbocycles. The number of carbonyl (C=O) groups excluding carboxylic acids is 3. The second-order valence-corrected chi connectivity index (χ2v) is 15.7. The second kappa shape index (κ2) is 19.6. The molecule has 293 valence electrons. The van der Waals surface area contributed by atoms with Gasteiger partial charge in [-0.3, -0.25) is 0 Å². The van der Waals surface area contributed by atoms with Gasteiger partial charge in [-0.15, -0.1) is 0 Å². The van der Waals surface area contributed by atoms with E-state index in [-0.39, 0.29) is 6.61 Å². The topological polar surface area (TPSA) is 88.1 Å². The third-order valence-electron chi connectivity index (χ3n) is 9.75. The summed E-state index contributed by atoms with van der Waals surface area (Å²) in [6.45, 7) is 5.49. The van der Waals surface area contributed by atoms with Gasteiger partial charge in [0.2, 0.25) is 0 Å². The Balaban J connectivity index is 1.16. The van der Waals surface area contributed by atoms with Crippen LogP contribution in [-0.2, 0) is 35.9 Å². The maximum absolute atomic E-state index is 13.9. The van der Waals surface area contributed by atoms with E-state index < -0.39 is 40.8 Å². The van der Waals surface area contributed by atoms with Gasteiger partial charge in [-0.25, -0.2) is 0 Å². The molecular formula is C50H40O7SV. The van der Waals surface area contributed by atoms with Gasteiger partial charge < -0.3 is 0 Å². The van der Waals surface area contributed by atoms with Crippen LogP contribution in [0.3, 0.4) is 0 Å². The van der Waals surface area contributed by atoms with E-state index in [1.807, 2.05) is 134 Å². The zero-order valence-corrected chi connectivity index (χ0v) is 34.4. The minimum atomic E-state index is -1.10. The fourth-order valence-corrected chi connectivity index (χ4v) is 8.33. The summed E-state index contributed by atoms with van der Waals surface area (Å²) in [5.41, 5.74) is 6.78. The van der Waals surface area contributed by atoms with Crippen molar-refractivity contribution in [1.29, 1.82) is 0 Å². The Kier molecular flexibility index (Phi) is 13.7. The van der Waals surface area contributed by atoms with Crippen LogP contribution in [-0.4, -0.2) is 51.8 Å². The Labute approximate surface area is 357 Å². The number of rotatable bonds is 14. The Hall–Kier alpha value is -6.03. The van der Waals surface area contributed by atoms with Crippen LogP contribution in [0.1, 0.15) is 38.0 Å². The number of ether oxygens (including phenoxy) is 4. The average Bonchev–Trinajstić information content (AvgIpc) is 3.60. The van der Waals surface area contributed by atoms with Crippen LogP contribution in [0.2, 0.25) is 0 Å². The van der Waals surface area contributed by atoms with Crippen LogP contribution in [0, 0.1) is 0 Å². The van der Waals surface area contributed by atoms with Crippen molar-refractivity contribution in [3.8, 4) is 33.4 Å². The molecule has 0 radical (unpaired) electrons. The number of hydrogen-bond donors (Lipinski definition) is 0. The molecule has 0 aromatic heterocycles. The molecule has 9 heteroatoms. The molecule has 1 aliphatic rings. The summed E-state index contributed by atoms with van der Waals surface area (Å²) < 4.78 is 25.3. The first-order chi connectivity index (χ1) is 28.8. The van der Waals surface area contributed by atoms with Crippen LogP contribution in [0.15, 0.2) is 188 Å². The Morgan fingerprint density at radius 2 is 0.915 bits per heavy atom. The first-order valence-electron chi connectivity index (χ1n) is 19.0. The van der Waals surface area contributed by atoms with Crippen LogP contribution < -0.4 is 0 Å². The first kappa shape index (κ1) is 41.1. The summed E-state index contributed by atoms with van der Waals surface area (Å²) >= 11 is 3.64. The summed E-state index contributed by atoms with van der Waals surface area (Å²) in [5, 5.41) is -0.678. The molecule has 4 atom stereocenters. The molecule has 1 heterocycles.